The third kappa shape index (κ3) is 6.76. The van der Waals surface area contributed by atoms with Gasteiger partial charge in [-0.15, -0.1) is 0 Å². The molecule has 0 radical (unpaired) electrons. The number of aliphatic hydroxyl groups excluding tert-OH is 1. The van der Waals surface area contributed by atoms with E-state index in [0.717, 1.165) is 82.6 Å². The molecule has 1 amide bonds. The molecule has 9 nitrogen and oxygen atoms in total. The van der Waals surface area contributed by atoms with Gasteiger partial charge in [-0.1, -0.05) is 56.0 Å². The van der Waals surface area contributed by atoms with Crippen molar-refractivity contribution in [3.63, 3.8) is 0 Å². The number of fused-ring (bicyclic) bond motifs is 3. The van der Waals surface area contributed by atoms with E-state index in [9.17, 15) is 9.90 Å². The first-order chi connectivity index (χ1) is 20.1. The van der Waals surface area contributed by atoms with Crippen molar-refractivity contribution in [2.45, 2.75) is 145 Å². The molecule has 6 rings (SSSR count). The highest BCUT2D eigenvalue weighted by Gasteiger charge is 2.66. The molecule has 0 aromatic heterocycles. The van der Waals surface area contributed by atoms with Gasteiger partial charge in [-0.3, -0.25) is 0 Å². The van der Waals surface area contributed by atoms with E-state index in [-0.39, 0.29) is 31.0 Å². The lowest BCUT2D eigenvalue weighted by molar-refractivity contribution is -0.227. The Labute approximate surface area is 243 Å². The van der Waals surface area contributed by atoms with Crippen LogP contribution in [0.5, 0.6) is 0 Å². The molecule has 228 valence electrons. The fourth-order valence-electron chi connectivity index (χ4n) is 7.33. The van der Waals surface area contributed by atoms with Crippen LogP contribution in [0.3, 0.4) is 0 Å². The Morgan fingerprint density at radius 1 is 0.780 bits per heavy atom. The summed E-state index contributed by atoms with van der Waals surface area (Å²) in [6.45, 7) is 1.38. The number of unbranched alkanes of at least 4 members (excludes halogenated alkanes) is 3. The van der Waals surface area contributed by atoms with Crippen molar-refractivity contribution in [2.24, 2.45) is 0 Å². The molecule has 3 saturated carbocycles. The van der Waals surface area contributed by atoms with Gasteiger partial charge >= 0.3 is 6.09 Å². The fraction of sp³-hybridized carbons (Fsp3) is 0.781. The van der Waals surface area contributed by atoms with Crippen molar-refractivity contribution in [3.05, 3.63) is 35.9 Å². The zero-order valence-corrected chi connectivity index (χ0v) is 24.2. The van der Waals surface area contributed by atoms with Crippen molar-refractivity contribution in [2.75, 3.05) is 13.2 Å². The summed E-state index contributed by atoms with van der Waals surface area (Å²) in [5, 5.41) is 14.3. The third-order valence-electron chi connectivity index (χ3n) is 9.47. The Balaban J connectivity index is 0.957. The van der Waals surface area contributed by atoms with Crippen molar-refractivity contribution < 1.29 is 38.3 Å². The number of rotatable bonds is 10. The Kier molecular flexibility index (Phi) is 9.49. The van der Waals surface area contributed by atoms with Gasteiger partial charge in [0.05, 0.1) is 0 Å². The maximum atomic E-state index is 11.9. The van der Waals surface area contributed by atoms with Crippen LogP contribution in [-0.2, 0) is 35.0 Å². The molecule has 5 fully saturated rings. The number of amides is 1. The van der Waals surface area contributed by atoms with Gasteiger partial charge in [0.2, 0.25) is 0 Å². The van der Waals surface area contributed by atoms with E-state index in [1.807, 2.05) is 30.3 Å². The molecule has 2 aliphatic heterocycles. The van der Waals surface area contributed by atoms with Crippen LogP contribution in [0.4, 0.5) is 4.79 Å². The number of ether oxygens (including phenoxy) is 6. The van der Waals surface area contributed by atoms with Crippen LogP contribution in [0.15, 0.2) is 30.3 Å². The average Bonchev–Trinajstić information content (AvgIpc) is 3.55. The number of hydrogen-bond acceptors (Lipinski definition) is 8. The summed E-state index contributed by atoms with van der Waals surface area (Å²) in [5.74, 6) is -1.20. The first kappa shape index (κ1) is 29.3. The summed E-state index contributed by atoms with van der Waals surface area (Å²) >= 11 is 0. The number of carbonyl (C=O) groups is 1. The lowest BCUT2D eigenvalue weighted by Gasteiger charge is -2.40. The Hall–Kier alpha value is -1.75. The number of benzene rings is 1. The topological polar surface area (TPSA) is 105 Å². The minimum absolute atomic E-state index is 0.272. The van der Waals surface area contributed by atoms with E-state index in [4.69, 9.17) is 28.4 Å². The minimum atomic E-state index is -0.823. The quantitative estimate of drug-likeness (QED) is 0.372. The molecule has 0 bridgehead atoms. The lowest BCUT2D eigenvalue weighted by Crippen LogP contribution is -2.62. The molecule has 2 N–H and O–H groups in total. The SMILES string of the molecule is O=C(NCCCCCCO[C@@H]1[C@@H](O)[C@H]2OC3(CCCCC3)O[C@H]2[C@@H]2OC3(CCCCC3)O[C@H]21)OCc1ccccc1. The van der Waals surface area contributed by atoms with Gasteiger partial charge in [0.15, 0.2) is 11.6 Å². The molecule has 41 heavy (non-hydrogen) atoms. The fourth-order valence-corrected chi connectivity index (χ4v) is 7.33. The molecule has 2 heterocycles. The number of carbonyl (C=O) groups excluding carboxylic acids is 1. The molecule has 2 saturated heterocycles. The number of alkyl carbamates (subject to hydrolysis) is 1. The van der Waals surface area contributed by atoms with Gasteiger partial charge in [-0.05, 0) is 44.1 Å². The maximum Gasteiger partial charge on any atom is 0.407 e. The third-order valence-corrected chi connectivity index (χ3v) is 9.47. The van der Waals surface area contributed by atoms with Crippen LogP contribution in [0.2, 0.25) is 0 Å². The Bertz CT molecular complexity index is 979. The highest BCUT2D eigenvalue weighted by molar-refractivity contribution is 5.67. The first-order valence-corrected chi connectivity index (χ1v) is 16.0. The van der Waals surface area contributed by atoms with E-state index in [1.165, 1.54) is 12.8 Å². The molecule has 5 aliphatic rings. The summed E-state index contributed by atoms with van der Waals surface area (Å²) < 4.78 is 38.1. The largest absolute Gasteiger partial charge is 0.445 e. The van der Waals surface area contributed by atoms with Gasteiger partial charge in [0.1, 0.15) is 43.2 Å². The number of aliphatic hydroxyl groups is 1. The predicted octanol–water partition coefficient (Wildman–Crippen LogP) is 5.12. The van der Waals surface area contributed by atoms with Crippen LogP contribution < -0.4 is 5.32 Å². The van der Waals surface area contributed by atoms with Gasteiger partial charge in [-0.2, -0.15) is 0 Å². The van der Waals surface area contributed by atoms with Crippen LogP contribution in [0, 0.1) is 0 Å². The molecule has 2 spiro atoms. The van der Waals surface area contributed by atoms with Crippen LogP contribution >= 0.6 is 0 Å². The van der Waals surface area contributed by atoms with Gasteiger partial charge in [-0.25, -0.2) is 4.79 Å². The van der Waals surface area contributed by atoms with E-state index >= 15 is 0 Å². The highest BCUT2D eigenvalue weighted by Crippen LogP contribution is 2.51. The van der Waals surface area contributed by atoms with E-state index in [1.54, 1.807) is 0 Å². The summed E-state index contributed by atoms with van der Waals surface area (Å²) in [5.41, 5.74) is 0.969. The van der Waals surface area contributed by atoms with E-state index < -0.39 is 29.9 Å². The minimum Gasteiger partial charge on any atom is -0.445 e. The molecule has 0 unspecified atom stereocenters. The summed E-state index contributed by atoms with van der Waals surface area (Å²) in [4.78, 5) is 11.9. The monoisotopic (exact) mass is 573 g/mol. The summed E-state index contributed by atoms with van der Waals surface area (Å²) in [6.07, 6.45) is 10.7. The maximum absolute atomic E-state index is 11.9. The second-order valence-electron chi connectivity index (χ2n) is 12.5. The summed E-state index contributed by atoms with van der Waals surface area (Å²) in [6, 6.07) is 9.65. The second kappa shape index (κ2) is 13.3. The lowest BCUT2D eigenvalue weighted by atomic mass is 9.85. The summed E-state index contributed by atoms with van der Waals surface area (Å²) in [7, 11) is 0. The van der Waals surface area contributed by atoms with Crippen LogP contribution in [0.25, 0.3) is 0 Å². The Morgan fingerprint density at radius 3 is 2.05 bits per heavy atom. The van der Waals surface area contributed by atoms with Crippen molar-refractivity contribution in [1.29, 1.82) is 0 Å². The average molecular weight is 574 g/mol. The standard InChI is InChI=1S/C32H47NO8/c34-24-25(36-21-13-2-1-12-20-33-30(35)37-22-23-14-6-3-7-15-23)27-29(41-32(39-27)18-10-5-11-19-32)28-26(24)38-31(40-28)16-8-4-9-17-31/h3,6-7,14-15,24-29,34H,1-2,4-5,8-13,16-22H2,(H,33,35)/t24-,25-,26-,27+,28-,29-/m1/s1. The smallest absolute Gasteiger partial charge is 0.407 e. The molecule has 3 aliphatic carbocycles. The molecule has 1 aromatic rings. The zero-order valence-electron chi connectivity index (χ0n) is 24.2. The van der Waals surface area contributed by atoms with Crippen molar-refractivity contribution >= 4 is 6.09 Å². The Morgan fingerprint density at radius 2 is 1.37 bits per heavy atom. The molecular weight excluding hydrogens is 526 g/mol. The normalized spacial score (nSPS) is 33.4. The molecule has 1 aromatic carbocycles. The number of hydrogen-bond donors (Lipinski definition) is 2. The van der Waals surface area contributed by atoms with Gasteiger partial charge in [0.25, 0.3) is 0 Å². The predicted molar refractivity (Wildman–Crippen MR) is 150 cm³/mol. The highest BCUT2D eigenvalue weighted by atomic mass is 16.8. The van der Waals surface area contributed by atoms with Crippen LogP contribution in [0.1, 0.15) is 95.5 Å². The van der Waals surface area contributed by atoms with Crippen molar-refractivity contribution in [1.82, 2.24) is 5.32 Å². The van der Waals surface area contributed by atoms with Crippen molar-refractivity contribution in [3.8, 4) is 0 Å². The van der Waals surface area contributed by atoms with Gasteiger partial charge < -0.3 is 38.8 Å². The zero-order chi connectivity index (χ0) is 28.1. The van der Waals surface area contributed by atoms with E-state index in [2.05, 4.69) is 5.32 Å². The first-order valence-electron chi connectivity index (χ1n) is 16.0. The molecule has 9 heteroatoms. The van der Waals surface area contributed by atoms with E-state index in [0.29, 0.717) is 13.2 Å². The molecular formula is C32H47NO8. The second-order valence-corrected chi connectivity index (χ2v) is 12.5. The number of nitrogens with one attached hydrogen (secondary N) is 1. The molecule has 6 atom stereocenters. The van der Waals surface area contributed by atoms with Crippen LogP contribution in [-0.4, -0.2) is 72.5 Å². The van der Waals surface area contributed by atoms with Gasteiger partial charge in [0, 0.05) is 38.8 Å².